The van der Waals surface area contributed by atoms with Crippen LogP contribution < -0.4 is 14.8 Å². The molecule has 0 aliphatic heterocycles. The number of carbonyl (C=O) groups is 2. The van der Waals surface area contributed by atoms with Crippen molar-refractivity contribution >= 4 is 17.6 Å². The number of ether oxygens (including phenoxy) is 2. The van der Waals surface area contributed by atoms with Crippen molar-refractivity contribution in [1.29, 1.82) is 0 Å². The molecule has 2 aromatic carbocycles. The third kappa shape index (κ3) is 4.07. The van der Waals surface area contributed by atoms with Gasteiger partial charge in [-0.15, -0.1) is 0 Å². The van der Waals surface area contributed by atoms with Gasteiger partial charge in [-0.1, -0.05) is 6.07 Å². The fourth-order valence-corrected chi connectivity index (χ4v) is 1.74. The van der Waals surface area contributed by atoms with Crippen LogP contribution in [-0.2, 0) is 4.79 Å². The average Bonchev–Trinajstić information content (AvgIpc) is 2.47. The molecular formula is C16H15NO4. The maximum atomic E-state index is 12.0. The Balaban J connectivity index is 2.10. The van der Waals surface area contributed by atoms with Gasteiger partial charge in [-0.05, 0) is 42.5 Å². The van der Waals surface area contributed by atoms with E-state index in [0.717, 1.165) is 0 Å². The van der Waals surface area contributed by atoms with E-state index in [1.54, 1.807) is 55.6 Å². The molecule has 0 unspecified atom stereocenters. The van der Waals surface area contributed by atoms with E-state index >= 15 is 0 Å². The second-order valence-electron chi connectivity index (χ2n) is 4.33. The summed E-state index contributed by atoms with van der Waals surface area (Å²) in [6, 6.07) is 13.3. The molecule has 2 aromatic rings. The molecule has 0 radical (unpaired) electrons. The van der Waals surface area contributed by atoms with Crippen LogP contribution in [0, 0.1) is 0 Å². The molecule has 0 bridgehead atoms. The highest BCUT2D eigenvalue weighted by molar-refractivity contribution is 5.94. The van der Waals surface area contributed by atoms with Crippen LogP contribution in [0.2, 0.25) is 0 Å². The fourth-order valence-electron chi connectivity index (χ4n) is 1.74. The predicted molar refractivity (Wildman–Crippen MR) is 78.7 cm³/mol. The summed E-state index contributed by atoms with van der Waals surface area (Å²) in [5.41, 5.74) is 0.906. The van der Waals surface area contributed by atoms with Gasteiger partial charge in [0.25, 0.3) is 0 Å². The highest BCUT2D eigenvalue weighted by Gasteiger charge is 2.09. The molecule has 0 spiro atoms. The molecule has 0 aliphatic rings. The van der Waals surface area contributed by atoms with Gasteiger partial charge in [-0.2, -0.15) is 0 Å². The number of rotatable bonds is 4. The summed E-state index contributed by atoms with van der Waals surface area (Å²) < 4.78 is 10.3. The molecule has 2 rings (SSSR count). The first-order valence-corrected chi connectivity index (χ1v) is 6.32. The molecule has 5 heteroatoms. The molecular weight excluding hydrogens is 270 g/mol. The first-order chi connectivity index (χ1) is 10.1. The monoisotopic (exact) mass is 285 g/mol. The van der Waals surface area contributed by atoms with E-state index in [0.29, 0.717) is 22.7 Å². The van der Waals surface area contributed by atoms with Crippen molar-refractivity contribution in [1.82, 2.24) is 0 Å². The van der Waals surface area contributed by atoms with E-state index in [1.165, 1.54) is 6.92 Å². The molecule has 108 valence electrons. The molecule has 1 amide bonds. The Kier molecular flexibility index (Phi) is 4.56. The molecule has 0 aromatic heterocycles. The minimum absolute atomic E-state index is 0.198. The zero-order chi connectivity index (χ0) is 15.2. The minimum atomic E-state index is -0.493. The van der Waals surface area contributed by atoms with Gasteiger partial charge in [0, 0.05) is 12.6 Å². The number of nitrogens with one attached hydrogen (secondary N) is 1. The van der Waals surface area contributed by atoms with Crippen molar-refractivity contribution in [2.45, 2.75) is 6.92 Å². The normalized spacial score (nSPS) is 9.81. The molecule has 0 fully saturated rings. The highest BCUT2D eigenvalue weighted by atomic mass is 16.5. The number of methoxy groups -OCH3 is 1. The van der Waals surface area contributed by atoms with Gasteiger partial charge in [0.15, 0.2) is 0 Å². The van der Waals surface area contributed by atoms with Crippen LogP contribution in [0.5, 0.6) is 11.5 Å². The van der Waals surface area contributed by atoms with Gasteiger partial charge < -0.3 is 14.8 Å². The molecule has 0 saturated heterocycles. The van der Waals surface area contributed by atoms with Crippen molar-refractivity contribution in [2.75, 3.05) is 12.4 Å². The van der Waals surface area contributed by atoms with Crippen molar-refractivity contribution in [3.63, 3.8) is 0 Å². The number of hydrogen-bond acceptors (Lipinski definition) is 4. The van der Waals surface area contributed by atoms with Gasteiger partial charge in [-0.25, -0.2) is 4.79 Å². The van der Waals surface area contributed by atoms with Crippen molar-refractivity contribution in [3.05, 3.63) is 54.1 Å². The number of esters is 1. The SMILES string of the molecule is COc1ccc(OC(=O)c2cccc(NC(C)=O)c2)cc1. The Hall–Kier alpha value is -2.82. The third-order valence-electron chi connectivity index (χ3n) is 2.69. The summed E-state index contributed by atoms with van der Waals surface area (Å²) in [6.07, 6.45) is 0. The molecule has 21 heavy (non-hydrogen) atoms. The summed E-state index contributed by atoms with van der Waals surface area (Å²) in [6.45, 7) is 1.41. The second-order valence-corrected chi connectivity index (χ2v) is 4.33. The largest absolute Gasteiger partial charge is 0.497 e. The van der Waals surface area contributed by atoms with E-state index in [1.807, 2.05) is 0 Å². The maximum Gasteiger partial charge on any atom is 0.343 e. The first kappa shape index (κ1) is 14.6. The second kappa shape index (κ2) is 6.56. The Morgan fingerprint density at radius 2 is 1.67 bits per heavy atom. The first-order valence-electron chi connectivity index (χ1n) is 6.32. The molecule has 1 N–H and O–H groups in total. The van der Waals surface area contributed by atoms with Crippen LogP contribution in [0.4, 0.5) is 5.69 Å². The average molecular weight is 285 g/mol. The van der Waals surface area contributed by atoms with E-state index in [2.05, 4.69) is 5.32 Å². The van der Waals surface area contributed by atoms with E-state index in [9.17, 15) is 9.59 Å². The lowest BCUT2D eigenvalue weighted by Crippen LogP contribution is -2.10. The fraction of sp³-hybridized carbons (Fsp3) is 0.125. The van der Waals surface area contributed by atoms with E-state index < -0.39 is 5.97 Å². The lowest BCUT2D eigenvalue weighted by molar-refractivity contribution is -0.114. The number of carbonyl (C=O) groups excluding carboxylic acids is 2. The van der Waals surface area contributed by atoms with Crippen LogP contribution in [0.15, 0.2) is 48.5 Å². The number of benzene rings is 2. The quantitative estimate of drug-likeness (QED) is 0.693. The van der Waals surface area contributed by atoms with Gasteiger partial charge in [-0.3, -0.25) is 4.79 Å². The molecule has 0 saturated carbocycles. The predicted octanol–water partition coefficient (Wildman–Crippen LogP) is 2.87. The molecule has 0 heterocycles. The Bertz CT molecular complexity index is 650. The molecule has 0 atom stereocenters. The number of amides is 1. The van der Waals surface area contributed by atoms with Crippen LogP contribution in [0.3, 0.4) is 0 Å². The van der Waals surface area contributed by atoms with Gasteiger partial charge >= 0.3 is 5.97 Å². The highest BCUT2D eigenvalue weighted by Crippen LogP contribution is 2.19. The Labute approximate surface area is 122 Å². The van der Waals surface area contributed by atoms with Crippen LogP contribution in [0.25, 0.3) is 0 Å². The maximum absolute atomic E-state index is 12.0. The Morgan fingerprint density at radius 3 is 2.29 bits per heavy atom. The topological polar surface area (TPSA) is 64.6 Å². The lowest BCUT2D eigenvalue weighted by Gasteiger charge is -2.07. The van der Waals surface area contributed by atoms with Gasteiger partial charge in [0.1, 0.15) is 11.5 Å². The van der Waals surface area contributed by atoms with Crippen LogP contribution in [0.1, 0.15) is 17.3 Å². The third-order valence-corrected chi connectivity index (χ3v) is 2.69. The standard InChI is InChI=1S/C16H15NO4/c1-11(18)17-13-5-3-4-12(10-13)16(19)21-15-8-6-14(20-2)7-9-15/h3-10H,1-2H3,(H,17,18). The summed E-state index contributed by atoms with van der Waals surface area (Å²) in [7, 11) is 1.56. The summed E-state index contributed by atoms with van der Waals surface area (Å²) >= 11 is 0. The molecule has 0 aliphatic carbocycles. The van der Waals surface area contributed by atoms with Crippen LogP contribution >= 0.6 is 0 Å². The zero-order valence-electron chi connectivity index (χ0n) is 11.8. The van der Waals surface area contributed by atoms with Gasteiger partial charge in [0.05, 0.1) is 12.7 Å². The summed E-state index contributed by atoms with van der Waals surface area (Å²) in [5, 5.41) is 2.62. The summed E-state index contributed by atoms with van der Waals surface area (Å²) in [4.78, 5) is 23.0. The number of anilines is 1. The van der Waals surface area contributed by atoms with E-state index in [-0.39, 0.29) is 5.91 Å². The molecule has 5 nitrogen and oxygen atoms in total. The van der Waals surface area contributed by atoms with Crippen molar-refractivity contribution in [3.8, 4) is 11.5 Å². The zero-order valence-corrected chi connectivity index (χ0v) is 11.8. The minimum Gasteiger partial charge on any atom is -0.497 e. The van der Waals surface area contributed by atoms with Crippen molar-refractivity contribution < 1.29 is 19.1 Å². The lowest BCUT2D eigenvalue weighted by atomic mass is 10.2. The smallest absolute Gasteiger partial charge is 0.343 e. The van der Waals surface area contributed by atoms with Gasteiger partial charge in [0.2, 0.25) is 5.91 Å². The summed E-state index contributed by atoms with van der Waals surface area (Å²) in [5.74, 6) is 0.413. The number of hydrogen-bond donors (Lipinski definition) is 1. The van der Waals surface area contributed by atoms with Crippen LogP contribution in [-0.4, -0.2) is 19.0 Å². The van der Waals surface area contributed by atoms with Crippen molar-refractivity contribution in [2.24, 2.45) is 0 Å². The Morgan fingerprint density at radius 1 is 1.00 bits per heavy atom. The van der Waals surface area contributed by atoms with E-state index in [4.69, 9.17) is 9.47 Å².